The highest BCUT2D eigenvalue weighted by atomic mass is 32.1. The van der Waals surface area contributed by atoms with Crippen LogP contribution in [0.3, 0.4) is 0 Å². The summed E-state index contributed by atoms with van der Waals surface area (Å²) in [4.78, 5) is 4.51. The number of nitrogens with zero attached hydrogens (tertiary/aromatic N) is 4. The summed E-state index contributed by atoms with van der Waals surface area (Å²) in [6.45, 7) is 1.71. The molecular weight excluding hydrogens is 260 g/mol. The lowest BCUT2D eigenvalue weighted by Crippen LogP contribution is -2.07. The standard InChI is InChI=1S/C12H14N6S/c13-9-2-3-10-11(8-9)19-12(16-10)14-4-1-6-18-7-5-15-17-18/h2-3,5,7-8H,1,4,6,13H2,(H,14,16). The van der Waals surface area contributed by atoms with Gasteiger partial charge in [0.05, 0.1) is 16.4 Å². The molecule has 2 aromatic heterocycles. The number of hydrogen-bond donors (Lipinski definition) is 2. The first kappa shape index (κ1) is 11.9. The number of benzene rings is 1. The number of nitrogen functional groups attached to an aromatic ring is 1. The fourth-order valence-electron chi connectivity index (χ4n) is 1.81. The van der Waals surface area contributed by atoms with Crippen molar-refractivity contribution in [1.29, 1.82) is 0 Å². The average Bonchev–Trinajstić information content (AvgIpc) is 3.02. The van der Waals surface area contributed by atoms with Crippen LogP contribution in [0.2, 0.25) is 0 Å². The second kappa shape index (κ2) is 5.23. The van der Waals surface area contributed by atoms with E-state index in [1.807, 2.05) is 29.1 Å². The molecule has 1 aromatic carbocycles. The Morgan fingerprint density at radius 2 is 2.32 bits per heavy atom. The van der Waals surface area contributed by atoms with E-state index in [2.05, 4.69) is 20.6 Å². The zero-order valence-electron chi connectivity index (χ0n) is 10.3. The second-order valence-electron chi connectivity index (χ2n) is 4.19. The fourth-order valence-corrected chi connectivity index (χ4v) is 2.74. The molecule has 0 atom stereocenters. The molecule has 0 bridgehead atoms. The van der Waals surface area contributed by atoms with Crippen LogP contribution in [0.1, 0.15) is 6.42 Å². The van der Waals surface area contributed by atoms with Crippen molar-refractivity contribution in [2.75, 3.05) is 17.6 Å². The molecule has 0 saturated carbocycles. The maximum Gasteiger partial charge on any atom is 0.183 e. The second-order valence-corrected chi connectivity index (χ2v) is 5.22. The molecule has 19 heavy (non-hydrogen) atoms. The Balaban J connectivity index is 1.56. The van der Waals surface area contributed by atoms with E-state index >= 15 is 0 Å². The first-order chi connectivity index (χ1) is 9.31. The summed E-state index contributed by atoms with van der Waals surface area (Å²) in [6, 6.07) is 5.77. The zero-order chi connectivity index (χ0) is 13.1. The molecular formula is C12H14N6S. The van der Waals surface area contributed by atoms with Gasteiger partial charge in [-0.1, -0.05) is 16.6 Å². The Kier molecular flexibility index (Phi) is 3.28. The van der Waals surface area contributed by atoms with E-state index in [9.17, 15) is 0 Å². The van der Waals surface area contributed by atoms with E-state index in [0.717, 1.165) is 40.5 Å². The summed E-state index contributed by atoms with van der Waals surface area (Å²) in [7, 11) is 0. The van der Waals surface area contributed by atoms with Crippen LogP contribution in [0.25, 0.3) is 10.2 Å². The first-order valence-corrected chi connectivity index (χ1v) is 6.87. The highest BCUT2D eigenvalue weighted by molar-refractivity contribution is 7.22. The topological polar surface area (TPSA) is 81.6 Å². The van der Waals surface area contributed by atoms with Crippen LogP contribution in [0.4, 0.5) is 10.8 Å². The Labute approximate surface area is 114 Å². The normalized spacial score (nSPS) is 10.9. The summed E-state index contributed by atoms with van der Waals surface area (Å²) < 4.78 is 2.93. The number of hydrogen-bond acceptors (Lipinski definition) is 6. The van der Waals surface area contributed by atoms with Gasteiger partial charge in [-0.25, -0.2) is 4.98 Å². The SMILES string of the molecule is Nc1ccc2nc(NCCCn3ccnn3)sc2c1. The minimum absolute atomic E-state index is 0.772. The molecule has 3 rings (SSSR count). The van der Waals surface area contributed by atoms with Gasteiger partial charge in [-0.05, 0) is 24.6 Å². The molecule has 3 N–H and O–H groups in total. The lowest BCUT2D eigenvalue weighted by molar-refractivity contribution is 0.570. The molecule has 0 fully saturated rings. The van der Waals surface area contributed by atoms with Crippen LogP contribution in [0, 0.1) is 0 Å². The number of anilines is 2. The maximum absolute atomic E-state index is 5.75. The third-order valence-electron chi connectivity index (χ3n) is 2.72. The van der Waals surface area contributed by atoms with Crippen molar-refractivity contribution in [2.45, 2.75) is 13.0 Å². The van der Waals surface area contributed by atoms with Crippen molar-refractivity contribution >= 4 is 32.4 Å². The van der Waals surface area contributed by atoms with Crippen LogP contribution in [0.15, 0.2) is 30.6 Å². The summed E-state index contributed by atoms with van der Waals surface area (Å²) in [5.41, 5.74) is 7.51. The molecule has 0 spiro atoms. The lowest BCUT2D eigenvalue weighted by atomic mass is 10.3. The van der Waals surface area contributed by atoms with Crippen LogP contribution in [-0.2, 0) is 6.54 Å². The maximum atomic E-state index is 5.75. The molecule has 0 saturated heterocycles. The molecule has 0 aliphatic carbocycles. The van der Waals surface area contributed by atoms with Crippen molar-refractivity contribution in [1.82, 2.24) is 20.0 Å². The van der Waals surface area contributed by atoms with Crippen molar-refractivity contribution < 1.29 is 0 Å². The van der Waals surface area contributed by atoms with E-state index in [-0.39, 0.29) is 0 Å². The van der Waals surface area contributed by atoms with Gasteiger partial charge in [0.2, 0.25) is 0 Å². The number of aromatic nitrogens is 4. The van der Waals surface area contributed by atoms with Gasteiger partial charge in [-0.3, -0.25) is 4.68 Å². The summed E-state index contributed by atoms with van der Waals surface area (Å²) in [6.07, 6.45) is 4.52. The molecule has 0 aliphatic rings. The van der Waals surface area contributed by atoms with E-state index in [0.29, 0.717) is 0 Å². The van der Waals surface area contributed by atoms with Gasteiger partial charge in [0.25, 0.3) is 0 Å². The quantitative estimate of drug-likeness (QED) is 0.549. The summed E-state index contributed by atoms with van der Waals surface area (Å²) in [5, 5.41) is 11.9. The fraction of sp³-hybridized carbons (Fsp3) is 0.250. The lowest BCUT2D eigenvalue weighted by Gasteiger charge is -2.01. The van der Waals surface area contributed by atoms with Crippen molar-refractivity contribution in [2.24, 2.45) is 0 Å². The van der Waals surface area contributed by atoms with E-state index < -0.39 is 0 Å². The van der Waals surface area contributed by atoms with E-state index in [4.69, 9.17) is 5.73 Å². The van der Waals surface area contributed by atoms with Gasteiger partial charge >= 0.3 is 0 Å². The highest BCUT2D eigenvalue weighted by Gasteiger charge is 2.03. The molecule has 0 unspecified atom stereocenters. The van der Waals surface area contributed by atoms with Crippen LogP contribution in [-0.4, -0.2) is 26.5 Å². The first-order valence-electron chi connectivity index (χ1n) is 6.05. The van der Waals surface area contributed by atoms with E-state index in [1.54, 1.807) is 17.5 Å². The Bertz CT molecular complexity index is 660. The number of thiazole rings is 1. The summed E-state index contributed by atoms with van der Waals surface area (Å²) in [5.74, 6) is 0. The van der Waals surface area contributed by atoms with Gasteiger partial charge in [0.1, 0.15) is 0 Å². The minimum atomic E-state index is 0.772. The average molecular weight is 274 g/mol. The highest BCUT2D eigenvalue weighted by Crippen LogP contribution is 2.27. The van der Waals surface area contributed by atoms with Crippen LogP contribution < -0.4 is 11.1 Å². The zero-order valence-corrected chi connectivity index (χ0v) is 11.1. The van der Waals surface area contributed by atoms with E-state index in [1.165, 1.54) is 0 Å². The number of fused-ring (bicyclic) bond motifs is 1. The molecule has 3 aromatic rings. The summed E-state index contributed by atoms with van der Waals surface area (Å²) >= 11 is 1.62. The Hall–Kier alpha value is -2.15. The number of nitrogens with two attached hydrogens (primary N) is 1. The van der Waals surface area contributed by atoms with Gasteiger partial charge in [0.15, 0.2) is 5.13 Å². The van der Waals surface area contributed by atoms with Crippen molar-refractivity contribution in [3.05, 3.63) is 30.6 Å². The molecule has 7 heteroatoms. The molecule has 2 heterocycles. The smallest absolute Gasteiger partial charge is 0.183 e. The minimum Gasteiger partial charge on any atom is -0.399 e. The Morgan fingerprint density at radius 1 is 1.37 bits per heavy atom. The number of nitrogens with one attached hydrogen (secondary N) is 1. The third-order valence-corrected chi connectivity index (χ3v) is 3.70. The van der Waals surface area contributed by atoms with Crippen LogP contribution >= 0.6 is 11.3 Å². The van der Waals surface area contributed by atoms with Gasteiger partial charge < -0.3 is 11.1 Å². The molecule has 0 amide bonds. The molecule has 6 nitrogen and oxygen atoms in total. The molecule has 0 radical (unpaired) electrons. The monoisotopic (exact) mass is 274 g/mol. The van der Waals surface area contributed by atoms with Crippen LogP contribution in [0.5, 0.6) is 0 Å². The molecule has 98 valence electrons. The third kappa shape index (κ3) is 2.82. The predicted octanol–water partition coefficient (Wildman–Crippen LogP) is 1.97. The number of aryl methyl sites for hydroxylation is 1. The predicted molar refractivity (Wildman–Crippen MR) is 77.2 cm³/mol. The largest absolute Gasteiger partial charge is 0.399 e. The van der Waals surface area contributed by atoms with Gasteiger partial charge in [-0.15, -0.1) is 5.10 Å². The Morgan fingerprint density at radius 3 is 3.16 bits per heavy atom. The van der Waals surface area contributed by atoms with Crippen molar-refractivity contribution in [3.63, 3.8) is 0 Å². The molecule has 0 aliphatic heterocycles. The van der Waals surface area contributed by atoms with Crippen molar-refractivity contribution in [3.8, 4) is 0 Å². The van der Waals surface area contributed by atoms with Gasteiger partial charge in [-0.2, -0.15) is 0 Å². The van der Waals surface area contributed by atoms with Gasteiger partial charge in [0, 0.05) is 25.0 Å². The number of rotatable bonds is 5.